The highest BCUT2D eigenvalue weighted by molar-refractivity contribution is 7.92. The van der Waals surface area contributed by atoms with Crippen molar-refractivity contribution in [3.05, 3.63) is 72.0 Å². The average Bonchev–Trinajstić information content (AvgIpc) is 2.75. The number of hydrogen-bond acceptors (Lipinski definition) is 7. The van der Waals surface area contributed by atoms with E-state index < -0.39 is 27.6 Å². The Balaban J connectivity index is 1.83. The van der Waals surface area contributed by atoms with E-state index in [1.165, 1.54) is 42.5 Å². The van der Waals surface area contributed by atoms with E-state index in [0.29, 0.717) is 0 Å². The molecule has 0 saturated carbocycles. The lowest BCUT2D eigenvalue weighted by Crippen LogP contribution is -2.13. The number of nitrogens with one attached hydrogen (secondary N) is 1. The molecule has 32 heavy (non-hydrogen) atoms. The lowest BCUT2D eigenvalue weighted by atomic mass is 10.0. The number of carbonyl (C=O) groups excluding carboxylic acids is 1. The molecule has 8 nitrogen and oxygen atoms in total. The number of anilines is 1. The number of carbonyl (C=O) groups is 1. The van der Waals surface area contributed by atoms with Gasteiger partial charge < -0.3 is 20.1 Å². The fraction of sp³-hybridized carbons (Fsp3) is 0.136. The summed E-state index contributed by atoms with van der Waals surface area (Å²) in [6.07, 6.45) is 0.247. The molecular formula is C22H20FNO7S. The maximum absolute atomic E-state index is 13.6. The number of halogens is 1. The van der Waals surface area contributed by atoms with Crippen LogP contribution in [-0.2, 0) is 14.8 Å². The minimum atomic E-state index is -4.11. The molecule has 0 aliphatic carbocycles. The fourth-order valence-corrected chi connectivity index (χ4v) is 3.95. The Bertz CT molecular complexity index is 1240. The minimum absolute atomic E-state index is 0.00610. The molecule has 4 N–H and O–H groups in total. The molecule has 10 heteroatoms. The largest absolute Gasteiger partial charge is 0.507 e. The second-order valence-electron chi connectivity index (χ2n) is 6.74. The van der Waals surface area contributed by atoms with Gasteiger partial charge in [0.25, 0.3) is 10.0 Å². The lowest BCUT2D eigenvalue weighted by molar-refractivity contribution is 0.0479. The number of hydrogen-bond donors (Lipinski definition) is 4. The second kappa shape index (κ2) is 9.67. The van der Waals surface area contributed by atoms with E-state index in [9.17, 15) is 27.8 Å². The van der Waals surface area contributed by atoms with Crippen LogP contribution < -0.4 is 4.72 Å². The molecule has 0 aliphatic rings. The molecule has 3 rings (SSSR count). The number of phenols is 2. The van der Waals surface area contributed by atoms with Gasteiger partial charge in [-0.3, -0.25) is 4.72 Å². The first kappa shape index (κ1) is 23.0. The summed E-state index contributed by atoms with van der Waals surface area (Å²) in [6, 6.07) is 12.4. The molecule has 0 aliphatic heterocycles. The van der Waals surface area contributed by atoms with Gasteiger partial charge in [0.1, 0.15) is 22.9 Å². The van der Waals surface area contributed by atoms with Gasteiger partial charge in [0, 0.05) is 24.7 Å². The molecule has 0 aromatic heterocycles. The molecule has 0 bridgehead atoms. The van der Waals surface area contributed by atoms with Gasteiger partial charge in [-0.05, 0) is 48.0 Å². The fourth-order valence-electron chi connectivity index (χ4n) is 2.86. The maximum Gasteiger partial charge on any atom is 0.341 e. The number of phenolic OH excluding ortho intramolecular Hbond substituents is 2. The van der Waals surface area contributed by atoms with Crippen LogP contribution in [0, 0.1) is 5.82 Å². The van der Waals surface area contributed by atoms with Gasteiger partial charge in [0.05, 0.1) is 17.2 Å². The van der Waals surface area contributed by atoms with Gasteiger partial charge in [-0.15, -0.1) is 0 Å². The van der Waals surface area contributed by atoms with Crippen LogP contribution in [0.25, 0.3) is 11.1 Å². The predicted molar refractivity (Wildman–Crippen MR) is 114 cm³/mol. The third-order valence-electron chi connectivity index (χ3n) is 4.42. The molecule has 0 atom stereocenters. The van der Waals surface area contributed by atoms with E-state index in [-0.39, 0.29) is 52.7 Å². The minimum Gasteiger partial charge on any atom is -0.507 e. The van der Waals surface area contributed by atoms with E-state index in [1.54, 1.807) is 0 Å². The Kier molecular flexibility index (Phi) is 6.96. The second-order valence-corrected chi connectivity index (χ2v) is 8.42. The number of aromatic hydroxyl groups is 2. The zero-order chi connectivity index (χ0) is 23.3. The van der Waals surface area contributed by atoms with Gasteiger partial charge in [-0.25, -0.2) is 17.6 Å². The summed E-state index contributed by atoms with van der Waals surface area (Å²) in [5, 5.41) is 28.8. The van der Waals surface area contributed by atoms with Crippen molar-refractivity contribution < 1.29 is 37.7 Å². The van der Waals surface area contributed by atoms with Crippen molar-refractivity contribution in [2.24, 2.45) is 0 Å². The van der Waals surface area contributed by atoms with Gasteiger partial charge in [-0.1, -0.05) is 12.1 Å². The monoisotopic (exact) mass is 461 g/mol. The molecule has 0 saturated heterocycles. The Morgan fingerprint density at radius 1 is 1.00 bits per heavy atom. The van der Waals surface area contributed by atoms with Crippen molar-refractivity contribution in [3.63, 3.8) is 0 Å². The third-order valence-corrected chi connectivity index (χ3v) is 5.80. The highest BCUT2D eigenvalue weighted by Gasteiger charge is 2.19. The molecule has 0 spiro atoms. The molecule has 3 aromatic carbocycles. The third kappa shape index (κ3) is 5.34. The summed E-state index contributed by atoms with van der Waals surface area (Å²) in [7, 11) is -4.11. The zero-order valence-corrected chi connectivity index (χ0v) is 17.5. The van der Waals surface area contributed by atoms with Crippen molar-refractivity contribution in [2.45, 2.75) is 11.3 Å². The number of ether oxygens (including phenoxy) is 1. The van der Waals surface area contributed by atoms with Crippen LogP contribution in [0.2, 0.25) is 0 Å². The van der Waals surface area contributed by atoms with Gasteiger partial charge in [0.15, 0.2) is 0 Å². The summed E-state index contributed by atoms with van der Waals surface area (Å²) in [6.45, 7) is -0.180. The molecular weight excluding hydrogens is 441 g/mol. The molecule has 0 radical (unpaired) electrons. The van der Waals surface area contributed by atoms with Crippen LogP contribution in [0.1, 0.15) is 16.8 Å². The summed E-state index contributed by atoms with van der Waals surface area (Å²) in [5.41, 5.74) is 0.250. The normalized spacial score (nSPS) is 11.2. The average molecular weight is 461 g/mol. The van der Waals surface area contributed by atoms with Gasteiger partial charge in [0.2, 0.25) is 0 Å². The first-order valence-corrected chi connectivity index (χ1v) is 10.9. The molecule has 0 amide bonds. The van der Waals surface area contributed by atoms with Crippen LogP contribution >= 0.6 is 0 Å². The summed E-state index contributed by atoms with van der Waals surface area (Å²) >= 11 is 0. The zero-order valence-electron chi connectivity index (χ0n) is 16.7. The summed E-state index contributed by atoms with van der Waals surface area (Å²) in [4.78, 5) is 11.8. The molecule has 3 aromatic rings. The van der Waals surface area contributed by atoms with Gasteiger partial charge in [-0.2, -0.15) is 0 Å². The van der Waals surface area contributed by atoms with Crippen LogP contribution in [0.4, 0.5) is 10.1 Å². The van der Waals surface area contributed by atoms with Crippen molar-refractivity contribution in [1.29, 1.82) is 0 Å². The Morgan fingerprint density at radius 2 is 1.78 bits per heavy atom. The Morgan fingerprint density at radius 3 is 2.50 bits per heavy atom. The Hall–Kier alpha value is -3.63. The number of esters is 1. The van der Waals surface area contributed by atoms with E-state index >= 15 is 0 Å². The molecule has 0 heterocycles. The van der Waals surface area contributed by atoms with Crippen molar-refractivity contribution in [1.82, 2.24) is 0 Å². The number of rotatable bonds is 8. The van der Waals surface area contributed by atoms with Crippen molar-refractivity contribution >= 4 is 21.7 Å². The number of aliphatic hydroxyl groups is 1. The van der Waals surface area contributed by atoms with E-state index in [2.05, 4.69) is 4.72 Å². The lowest BCUT2D eigenvalue weighted by Gasteiger charge is -2.12. The van der Waals surface area contributed by atoms with E-state index in [0.717, 1.165) is 18.2 Å². The number of sulfonamides is 1. The molecule has 0 fully saturated rings. The first-order valence-electron chi connectivity index (χ1n) is 9.44. The Labute approximate surface area is 183 Å². The molecule has 0 unspecified atom stereocenters. The van der Waals surface area contributed by atoms with Gasteiger partial charge >= 0.3 is 5.97 Å². The summed E-state index contributed by atoms with van der Waals surface area (Å²) in [5.74, 6) is -2.10. The topological polar surface area (TPSA) is 133 Å². The maximum atomic E-state index is 13.6. The highest BCUT2D eigenvalue weighted by Crippen LogP contribution is 2.32. The van der Waals surface area contributed by atoms with Crippen molar-refractivity contribution in [3.8, 4) is 22.6 Å². The van der Waals surface area contributed by atoms with Crippen LogP contribution in [0.5, 0.6) is 11.5 Å². The molecule has 168 valence electrons. The smallest absolute Gasteiger partial charge is 0.341 e. The van der Waals surface area contributed by atoms with Crippen LogP contribution in [0.3, 0.4) is 0 Å². The first-order chi connectivity index (χ1) is 15.2. The van der Waals surface area contributed by atoms with Crippen molar-refractivity contribution in [2.75, 3.05) is 17.9 Å². The standard InChI is InChI=1S/C22H20FNO7S/c23-15-5-8-20(26)19(12-15)14-3-1-4-17(11-14)32(29,30)24-16-6-7-18(21(27)13-16)22(28)31-10-2-9-25/h1,3-8,11-13,24-27H,2,9-10H2. The SMILES string of the molecule is O=C(OCCCO)c1ccc(NS(=O)(=O)c2cccc(-c3cc(F)ccc3O)c2)cc1O. The van der Waals surface area contributed by atoms with E-state index in [4.69, 9.17) is 9.84 Å². The predicted octanol–water partition coefficient (Wildman–Crippen LogP) is 3.24. The number of benzene rings is 3. The van der Waals surface area contributed by atoms with Crippen LogP contribution in [-0.4, -0.2) is 42.9 Å². The van der Waals surface area contributed by atoms with E-state index in [1.807, 2.05) is 0 Å². The summed E-state index contributed by atoms with van der Waals surface area (Å²) < 4.78 is 46.3. The van der Waals surface area contributed by atoms with Crippen LogP contribution in [0.15, 0.2) is 65.6 Å². The highest BCUT2D eigenvalue weighted by atomic mass is 32.2. The quantitative estimate of drug-likeness (QED) is 0.299. The number of aliphatic hydroxyl groups excluding tert-OH is 1.